The first-order valence-electron chi connectivity index (χ1n) is 7.36. The Morgan fingerprint density at radius 1 is 1.50 bits per heavy atom. The summed E-state index contributed by atoms with van der Waals surface area (Å²) >= 11 is 0. The average molecular weight is 277 g/mol. The van der Waals surface area contributed by atoms with Gasteiger partial charge in [-0.3, -0.25) is 4.79 Å². The molecule has 1 fully saturated rings. The summed E-state index contributed by atoms with van der Waals surface area (Å²) in [5.41, 5.74) is 1.60. The molecule has 2 N–H and O–H groups in total. The molecule has 1 aromatic rings. The van der Waals surface area contributed by atoms with E-state index in [-0.39, 0.29) is 12.0 Å². The van der Waals surface area contributed by atoms with Gasteiger partial charge in [-0.25, -0.2) is 4.98 Å². The minimum absolute atomic E-state index is 0.0135. The Morgan fingerprint density at radius 2 is 2.30 bits per heavy atom. The van der Waals surface area contributed by atoms with E-state index in [2.05, 4.69) is 17.2 Å². The second-order valence-electron chi connectivity index (χ2n) is 5.21. The lowest BCUT2D eigenvalue weighted by Gasteiger charge is -2.17. The smallest absolute Gasteiger partial charge is 0.254 e. The normalized spacial score (nSPS) is 18.4. The van der Waals surface area contributed by atoms with Gasteiger partial charge in [0.15, 0.2) is 0 Å². The van der Waals surface area contributed by atoms with E-state index in [1.54, 1.807) is 11.0 Å². The predicted octanol–water partition coefficient (Wildman–Crippen LogP) is 1.67. The summed E-state index contributed by atoms with van der Waals surface area (Å²) in [6.07, 6.45) is 2.14. The van der Waals surface area contributed by atoms with Gasteiger partial charge in [0.2, 0.25) is 0 Å². The first-order valence-corrected chi connectivity index (χ1v) is 7.36. The first-order chi connectivity index (χ1) is 9.63. The third-order valence-electron chi connectivity index (χ3n) is 3.44. The fourth-order valence-corrected chi connectivity index (χ4v) is 2.48. The van der Waals surface area contributed by atoms with E-state index in [0.29, 0.717) is 25.1 Å². The minimum atomic E-state index is -0.385. The number of anilines is 1. The molecule has 1 aliphatic heterocycles. The summed E-state index contributed by atoms with van der Waals surface area (Å²) in [5, 5.41) is 12.7. The number of rotatable bonds is 5. The maximum Gasteiger partial charge on any atom is 0.254 e. The Bertz CT molecular complexity index is 452. The molecule has 2 rings (SSSR count). The van der Waals surface area contributed by atoms with Crippen molar-refractivity contribution >= 4 is 11.7 Å². The van der Waals surface area contributed by atoms with Crippen LogP contribution in [0.25, 0.3) is 0 Å². The van der Waals surface area contributed by atoms with E-state index in [1.807, 2.05) is 13.0 Å². The number of nitrogens with zero attached hydrogens (tertiary/aromatic N) is 2. The first kappa shape index (κ1) is 14.8. The van der Waals surface area contributed by atoms with Crippen molar-refractivity contribution in [2.75, 3.05) is 25.0 Å². The van der Waals surface area contributed by atoms with Gasteiger partial charge < -0.3 is 15.3 Å². The number of carbonyl (C=O) groups is 1. The van der Waals surface area contributed by atoms with Crippen LogP contribution in [0.5, 0.6) is 0 Å². The van der Waals surface area contributed by atoms with Crippen LogP contribution in [0, 0.1) is 0 Å². The molecule has 2 heterocycles. The molecule has 0 aliphatic carbocycles. The molecular formula is C15H23N3O2. The van der Waals surface area contributed by atoms with Crippen LogP contribution < -0.4 is 5.32 Å². The minimum Gasteiger partial charge on any atom is -0.391 e. The summed E-state index contributed by atoms with van der Waals surface area (Å²) in [5.74, 6) is 0.738. The van der Waals surface area contributed by atoms with Crippen LogP contribution in [0.3, 0.4) is 0 Å². The molecule has 0 spiro atoms. The molecule has 1 saturated heterocycles. The summed E-state index contributed by atoms with van der Waals surface area (Å²) in [6.45, 7) is 5.94. The van der Waals surface area contributed by atoms with Gasteiger partial charge >= 0.3 is 0 Å². The van der Waals surface area contributed by atoms with Gasteiger partial charge in [0.05, 0.1) is 6.10 Å². The van der Waals surface area contributed by atoms with Crippen molar-refractivity contribution in [2.24, 2.45) is 0 Å². The number of aromatic nitrogens is 1. The Balaban J connectivity index is 2.22. The third kappa shape index (κ3) is 3.48. The van der Waals surface area contributed by atoms with Gasteiger partial charge in [0.25, 0.3) is 5.91 Å². The summed E-state index contributed by atoms with van der Waals surface area (Å²) < 4.78 is 0. The number of carbonyl (C=O) groups excluding carboxylic acids is 1. The number of nitrogens with one attached hydrogen (secondary N) is 1. The molecule has 110 valence electrons. The standard InChI is InChI=1S/C15H23N3O2/c1-3-5-12-8-11(9-14(17-12)16-4-2)15(20)18-7-6-13(19)10-18/h8-9,13,19H,3-7,10H2,1-2H3,(H,16,17). The van der Waals surface area contributed by atoms with Gasteiger partial charge in [-0.05, 0) is 31.9 Å². The zero-order chi connectivity index (χ0) is 14.5. The summed E-state index contributed by atoms with van der Waals surface area (Å²) in [7, 11) is 0. The van der Waals surface area contributed by atoms with E-state index in [4.69, 9.17) is 0 Å². The van der Waals surface area contributed by atoms with Crippen LogP contribution in [0.4, 0.5) is 5.82 Å². The van der Waals surface area contributed by atoms with Crippen LogP contribution >= 0.6 is 0 Å². The van der Waals surface area contributed by atoms with Crippen molar-refractivity contribution in [3.8, 4) is 0 Å². The predicted molar refractivity (Wildman–Crippen MR) is 78.9 cm³/mol. The van der Waals surface area contributed by atoms with Crippen molar-refractivity contribution in [2.45, 2.75) is 39.2 Å². The lowest BCUT2D eigenvalue weighted by atomic mass is 10.1. The summed E-state index contributed by atoms with van der Waals surface area (Å²) in [6, 6.07) is 3.67. The monoisotopic (exact) mass is 277 g/mol. The number of aliphatic hydroxyl groups is 1. The lowest BCUT2D eigenvalue weighted by molar-refractivity contribution is 0.0765. The Hall–Kier alpha value is -1.62. The number of pyridine rings is 1. The fraction of sp³-hybridized carbons (Fsp3) is 0.600. The Labute approximate surface area is 120 Å². The summed E-state index contributed by atoms with van der Waals surface area (Å²) in [4.78, 5) is 18.7. The topological polar surface area (TPSA) is 65.5 Å². The van der Waals surface area contributed by atoms with Gasteiger partial charge in [0.1, 0.15) is 5.82 Å². The van der Waals surface area contributed by atoms with Gasteiger partial charge in [-0.2, -0.15) is 0 Å². The maximum atomic E-state index is 12.5. The number of aliphatic hydroxyl groups excluding tert-OH is 1. The highest BCUT2D eigenvalue weighted by Crippen LogP contribution is 2.17. The molecule has 1 aliphatic rings. The second kappa shape index (κ2) is 6.70. The average Bonchev–Trinajstić information content (AvgIpc) is 2.85. The molecule has 1 aromatic heterocycles. The fourth-order valence-electron chi connectivity index (χ4n) is 2.48. The Kier molecular flexibility index (Phi) is 4.95. The molecule has 0 bridgehead atoms. The highest BCUT2D eigenvalue weighted by molar-refractivity contribution is 5.95. The van der Waals surface area contributed by atoms with Gasteiger partial charge in [-0.15, -0.1) is 0 Å². The zero-order valence-corrected chi connectivity index (χ0v) is 12.2. The molecule has 0 radical (unpaired) electrons. The van der Waals surface area contributed by atoms with E-state index < -0.39 is 0 Å². The molecule has 5 heteroatoms. The molecular weight excluding hydrogens is 254 g/mol. The molecule has 1 amide bonds. The molecule has 1 atom stereocenters. The van der Waals surface area contributed by atoms with E-state index in [0.717, 1.165) is 30.9 Å². The van der Waals surface area contributed by atoms with Gasteiger partial charge in [0, 0.05) is 30.9 Å². The Morgan fingerprint density at radius 3 is 2.90 bits per heavy atom. The second-order valence-corrected chi connectivity index (χ2v) is 5.21. The van der Waals surface area contributed by atoms with E-state index in [1.165, 1.54) is 0 Å². The molecule has 5 nitrogen and oxygen atoms in total. The van der Waals surface area contributed by atoms with Crippen molar-refractivity contribution in [1.29, 1.82) is 0 Å². The quantitative estimate of drug-likeness (QED) is 0.859. The molecule has 0 aromatic carbocycles. The number of hydrogen-bond donors (Lipinski definition) is 2. The third-order valence-corrected chi connectivity index (χ3v) is 3.44. The van der Waals surface area contributed by atoms with Crippen LogP contribution in [-0.2, 0) is 6.42 Å². The number of β-amino-alcohol motifs (C(OH)–C–C–N with tert-alkyl or cyclic N) is 1. The zero-order valence-electron chi connectivity index (χ0n) is 12.2. The highest BCUT2D eigenvalue weighted by atomic mass is 16.3. The van der Waals surface area contributed by atoms with E-state index >= 15 is 0 Å². The molecule has 1 unspecified atom stereocenters. The number of aryl methyl sites for hydroxylation is 1. The molecule has 0 saturated carbocycles. The van der Waals surface area contributed by atoms with Crippen LogP contribution in [0.2, 0.25) is 0 Å². The van der Waals surface area contributed by atoms with Crippen molar-refractivity contribution in [3.63, 3.8) is 0 Å². The maximum absolute atomic E-state index is 12.5. The largest absolute Gasteiger partial charge is 0.391 e. The lowest BCUT2D eigenvalue weighted by Crippen LogP contribution is -2.29. The van der Waals surface area contributed by atoms with Crippen molar-refractivity contribution in [1.82, 2.24) is 9.88 Å². The number of likely N-dealkylation sites (tertiary alicyclic amines) is 1. The van der Waals surface area contributed by atoms with E-state index in [9.17, 15) is 9.90 Å². The molecule has 20 heavy (non-hydrogen) atoms. The highest BCUT2D eigenvalue weighted by Gasteiger charge is 2.25. The van der Waals surface area contributed by atoms with Gasteiger partial charge in [-0.1, -0.05) is 13.3 Å². The SMILES string of the molecule is CCCc1cc(C(=O)N2CCC(O)C2)cc(NCC)n1. The van der Waals surface area contributed by atoms with Crippen molar-refractivity contribution in [3.05, 3.63) is 23.4 Å². The number of amides is 1. The van der Waals surface area contributed by atoms with Crippen LogP contribution in [0.15, 0.2) is 12.1 Å². The van der Waals surface area contributed by atoms with Crippen molar-refractivity contribution < 1.29 is 9.90 Å². The van der Waals surface area contributed by atoms with Crippen LogP contribution in [0.1, 0.15) is 42.7 Å². The van der Waals surface area contributed by atoms with Crippen LogP contribution in [-0.4, -0.2) is 46.6 Å². The number of hydrogen-bond acceptors (Lipinski definition) is 4.